The molecule has 10 aromatic carbocycles. The largest absolute Gasteiger partial charge is 0.458 e. The summed E-state index contributed by atoms with van der Waals surface area (Å²) in [5.74, 6) is 1.88. The molecule has 2 nitrogen and oxygen atoms in total. The molecule has 1 aliphatic rings. The van der Waals surface area contributed by atoms with E-state index in [4.69, 9.17) is 4.74 Å². The third-order valence-electron chi connectivity index (χ3n) is 12.0. The van der Waals surface area contributed by atoms with E-state index in [-0.39, 0.29) is 0 Å². The Morgan fingerprint density at radius 3 is 1.61 bits per heavy atom. The summed E-state index contributed by atoms with van der Waals surface area (Å²) in [7, 11) is -2.72. The molecule has 11 rings (SSSR count). The predicted molar refractivity (Wildman–Crippen MR) is 251 cm³/mol. The highest BCUT2D eigenvalue weighted by molar-refractivity contribution is 7.20. The van der Waals surface area contributed by atoms with E-state index in [0.717, 1.165) is 34.1 Å². The molecule has 59 heavy (non-hydrogen) atoms. The van der Waals surface area contributed by atoms with Gasteiger partial charge in [-0.05, 0) is 102 Å². The SMILES string of the molecule is c1ccc([Si]2(c3ccc(-c4cccc(N(c5ccc(-c6cccc7ccccc67)cc5)c5cccc6ccccc56)c4)cc3)c3ccccc3Oc3ccccc32)cc1. The Labute approximate surface area is 345 Å². The molecule has 1 heterocycles. The number of nitrogens with zero attached hydrogens (tertiary/aromatic N) is 1. The average Bonchev–Trinajstić information content (AvgIpc) is 3.31. The standard InChI is InChI=1S/C56H39NOSi/c1-2-21-47(22-3-1)59(55-29-10-8-27-53(55)58-54-28-9-11-30-56(54)59)48-37-33-40(34-38-48)44-19-12-20-46(39-44)57(52-26-14-18-42-16-5-7-24-51(42)52)45-35-31-43(32-36-45)50-25-13-17-41-15-4-6-23-49(41)50/h1-39H. The van der Waals surface area contributed by atoms with Crippen molar-refractivity contribution in [3.8, 4) is 33.8 Å². The third kappa shape index (κ3) is 5.86. The van der Waals surface area contributed by atoms with Crippen molar-refractivity contribution in [3.05, 3.63) is 237 Å². The van der Waals surface area contributed by atoms with Crippen molar-refractivity contribution in [2.24, 2.45) is 0 Å². The van der Waals surface area contributed by atoms with Crippen LogP contribution in [0.2, 0.25) is 0 Å². The molecule has 278 valence electrons. The molecule has 0 N–H and O–H groups in total. The molecule has 0 atom stereocenters. The summed E-state index contributed by atoms with van der Waals surface area (Å²) in [6, 6.07) is 86.1. The molecule has 0 aliphatic carbocycles. The van der Waals surface area contributed by atoms with Crippen LogP contribution in [-0.2, 0) is 0 Å². The lowest BCUT2D eigenvalue weighted by Crippen LogP contribution is -2.76. The Morgan fingerprint density at radius 2 is 0.881 bits per heavy atom. The molecule has 0 amide bonds. The molecule has 0 unspecified atom stereocenters. The molecular weight excluding hydrogens is 731 g/mol. The van der Waals surface area contributed by atoms with Gasteiger partial charge >= 0.3 is 0 Å². The van der Waals surface area contributed by atoms with Gasteiger partial charge in [0.05, 0.1) is 5.69 Å². The monoisotopic (exact) mass is 769 g/mol. The lowest BCUT2D eigenvalue weighted by atomic mass is 9.98. The number of rotatable bonds is 7. The van der Waals surface area contributed by atoms with Crippen LogP contribution in [0.1, 0.15) is 0 Å². The minimum Gasteiger partial charge on any atom is -0.458 e. The lowest BCUT2D eigenvalue weighted by Gasteiger charge is -2.39. The number of ether oxygens (including phenoxy) is 1. The first-order valence-corrected chi connectivity index (χ1v) is 22.3. The smallest absolute Gasteiger partial charge is 0.188 e. The van der Waals surface area contributed by atoms with E-state index in [1.807, 2.05) is 0 Å². The van der Waals surface area contributed by atoms with Gasteiger partial charge in [0.15, 0.2) is 8.07 Å². The van der Waals surface area contributed by atoms with Crippen LogP contribution in [-0.4, -0.2) is 8.07 Å². The van der Waals surface area contributed by atoms with E-state index in [1.54, 1.807) is 0 Å². The van der Waals surface area contributed by atoms with E-state index in [1.165, 1.54) is 59.0 Å². The van der Waals surface area contributed by atoms with Gasteiger partial charge in [-0.2, -0.15) is 0 Å². The van der Waals surface area contributed by atoms with Crippen LogP contribution >= 0.6 is 0 Å². The molecule has 0 aromatic heterocycles. The molecule has 0 radical (unpaired) electrons. The molecule has 3 heteroatoms. The maximum Gasteiger partial charge on any atom is 0.188 e. The highest BCUT2D eigenvalue weighted by Crippen LogP contribution is 2.41. The van der Waals surface area contributed by atoms with E-state index in [9.17, 15) is 0 Å². The van der Waals surface area contributed by atoms with E-state index >= 15 is 0 Å². The summed E-state index contributed by atoms with van der Waals surface area (Å²) in [5, 5.41) is 10.1. The molecule has 0 fully saturated rings. The van der Waals surface area contributed by atoms with Crippen LogP contribution in [0, 0.1) is 0 Å². The second-order valence-electron chi connectivity index (χ2n) is 15.2. The van der Waals surface area contributed by atoms with Gasteiger partial charge in [-0.25, -0.2) is 0 Å². The first-order valence-electron chi connectivity index (χ1n) is 20.3. The average molecular weight is 770 g/mol. The molecule has 0 saturated heterocycles. The number of hydrogen-bond donors (Lipinski definition) is 0. The van der Waals surface area contributed by atoms with Gasteiger partial charge in [0.1, 0.15) is 11.5 Å². The topological polar surface area (TPSA) is 12.5 Å². The number of fused-ring (bicyclic) bond motifs is 4. The Morgan fingerprint density at radius 1 is 0.339 bits per heavy atom. The molecule has 0 bridgehead atoms. The van der Waals surface area contributed by atoms with Crippen molar-refractivity contribution in [2.45, 2.75) is 0 Å². The minimum absolute atomic E-state index is 0.942. The van der Waals surface area contributed by atoms with Gasteiger partial charge in [0, 0.05) is 16.8 Å². The van der Waals surface area contributed by atoms with Crippen LogP contribution in [0.4, 0.5) is 17.1 Å². The predicted octanol–water partition coefficient (Wildman–Crippen LogP) is 12.3. The number of hydrogen-bond acceptors (Lipinski definition) is 2. The van der Waals surface area contributed by atoms with E-state index in [0.29, 0.717) is 0 Å². The highest BCUT2D eigenvalue weighted by Gasteiger charge is 2.47. The Hall–Kier alpha value is -7.46. The van der Waals surface area contributed by atoms with Crippen molar-refractivity contribution in [2.75, 3.05) is 4.90 Å². The van der Waals surface area contributed by atoms with E-state index in [2.05, 4.69) is 241 Å². The van der Waals surface area contributed by atoms with Crippen LogP contribution < -0.4 is 30.4 Å². The zero-order valence-corrected chi connectivity index (χ0v) is 33.4. The minimum atomic E-state index is -2.72. The zero-order chi connectivity index (χ0) is 39.2. The summed E-state index contributed by atoms with van der Waals surface area (Å²) in [5.41, 5.74) is 8.11. The lowest BCUT2D eigenvalue weighted by molar-refractivity contribution is 0.487. The summed E-state index contributed by atoms with van der Waals surface area (Å²) in [4.78, 5) is 2.40. The van der Waals surface area contributed by atoms with E-state index < -0.39 is 8.07 Å². The van der Waals surface area contributed by atoms with Crippen LogP contribution in [0.5, 0.6) is 11.5 Å². The van der Waals surface area contributed by atoms with Gasteiger partial charge in [0.2, 0.25) is 0 Å². The third-order valence-corrected chi connectivity index (χ3v) is 16.8. The fraction of sp³-hybridized carbons (Fsp3) is 0. The fourth-order valence-corrected chi connectivity index (χ4v) is 14.2. The van der Waals surface area contributed by atoms with Gasteiger partial charge < -0.3 is 9.64 Å². The highest BCUT2D eigenvalue weighted by atomic mass is 28.3. The molecule has 0 spiro atoms. The Kier molecular flexibility index (Phi) is 8.53. The van der Waals surface area contributed by atoms with Gasteiger partial charge in [-0.1, -0.05) is 194 Å². The quantitative estimate of drug-likeness (QED) is 0.150. The summed E-state index contributed by atoms with van der Waals surface area (Å²) < 4.78 is 6.58. The van der Waals surface area contributed by atoms with Gasteiger partial charge in [-0.15, -0.1) is 0 Å². The Balaban J connectivity index is 1.03. The van der Waals surface area contributed by atoms with Crippen molar-refractivity contribution in [3.63, 3.8) is 0 Å². The molecule has 0 saturated carbocycles. The fourth-order valence-electron chi connectivity index (χ4n) is 9.31. The maximum atomic E-state index is 6.58. The van der Waals surface area contributed by atoms with Crippen molar-refractivity contribution < 1.29 is 4.74 Å². The number of para-hydroxylation sites is 2. The zero-order valence-electron chi connectivity index (χ0n) is 32.4. The van der Waals surface area contributed by atoms with Crippen LogP contribution in [0.3, 0.4) is 0 Å². The van der Waals surface area contributed by atoms with Gasteiger partial charge in [0.25, 0.3) is 0 Å². The second kappa shape index (κ2) is 14.5. The number of anilines is 3. The summed E-state index contributed by atoms with van der Waals surface area (Å²) >= 11 is 0. The molecule has 10 aromatic rings. The maximum absolute atomic E-state index is 6.58. The van der Waals surface area contributed by atoms with Crippen LogP contribution in [0.25, 0.3) is 43.8 Å². The normalized spacial score (nSPS) is 12.7. The van der Waals surface area contributed by atoms with Crippen molar-refractivity contribution in [1.82, 2.24) is 0 Å². The van der Waals surface area contributed by atoms with Crippen molar-refractivity contribution in [1.29, 1.82) is 0 Å². The molecular formula is C56H39NOSi. The second-order valence-corrected chi connectivity index (χ2v) is 19.0. The Bertz CT molecular complexity index is 3080. The summed E-state index contributed by atoms with van der Waals surface area (Å²) in [6.07, 6.45) is 0. The van der Waals surface area contributed by atoms with Gasteiger partial charge in [-0.3, -0.25) is 0 Å². The first kappa shape index (κ1) is 34.8. The number of benzene rings is 10. The first-order chi connectivity index (χ1) is 29.3. The van der Waals surface area contributed by atoms with Crippen LogP contribution in [0.15, 0.2) is 237 Å². The molecule has 1 aliphatic heterocycles. The van der Waals surface area contributed by atoms with Crippen molar-refractivity contribution >= 4 is 67.4 Å². The summed E-state index contributed by atoms with van der Waals surface area (Å²) in [6.45, 7) is 0.